The molecule has 36 heavy (non-hydrogen) atoms. The lowest BCUT2D eigenvalue weighted by molar-refractivity contribution is -0.140. The highest BCUT2D eigenvalue weighted by Crippen LogP contribution is 2.34. The Morgan fingerprint density at radius 3 is 2.25 bits per heavy atom. The molecule has 11 heteroatoms. The number of hydrogen-bond acceptors (Lipinski definition) is 6. The Morgan fingerprint density at radius 1 is 1.06 bits per heavy atom. The second-order valence-electron chi connectivity index (χ2n) is 8.17. The Morgan fingerprint density at radius 2 is 1.72 bits per heavy atom. The predicted octanol–water partition coefficient (Wildman–Crippen LogP) is 2.94. The number of carbonyl (C=O) groups excluding carboxylic acids is 2. The molecule has 0 spiro atoms. The number of hydrogen-bond donors (Lipinski definition) is 1. The minimum atomic E-state index is -3.95. The van der Waals surface area contributed by atoms with Crippen LogP contribution >= 0.6 is 0 Å². The summed E-state index contributed by atoms with van der Waals surface area (Å²) in [5.41, 5.74) is 0.717. The molecule has 2 aromatic carbocycles. The minimum Gasteiger partial charge on any atom is -0.497 e. The highest BCUT2D eigenvalue weighted by molar-refractivity contribution is 7.92. The fourth-order valence-corrected chi connectivity index (χ4v) is 4.50. The van der Waals surface area contributed by atoms with E-state index in [2.05, 4.69) is 5.32 Å². The number of nitrogens with one attached hydrogen (secondary N) is 1. The number of carbonyl (C=O) groups is 2. The maximum absolute atomic E-state index is 13.7. The van der Waals surface area contributed by atoms with Crippen molar-refractivity contribution in [3.63, 3.8) is 0 Å². The molecule has 0 heterocycles. The largest absolute Gasteiger partial charge is 0.497 e. The van der Waals surface area contributed by atoms with Gasteiger partial charge in [0, 0.05) is 19.2 Å². The molecule has 1 N–H and O–H groups in total. The van der Waals surface area contributed by atoms with E-state index in [9.17, 15) is 22.4 Å². The smallest absolute Gasteiger partial charge is 0.244 e. The third-order valence-corrected chi connectivity index (χ3v) is 6.66. The first-order valence-electron chi connectivity index (χ1n) is 11.6. The van der Waals surface area contributed by atoms with Crippen molar-refractivity contribution in [3.8, 4) is 11.5 Å². The van der Waals surface area contributed by atoms with Gasteiger partial charge in [-0.3, -0.25) is 13.9 Å². The molecule has 198 valence electrons. The molecule has 0 aromatic heterocycles. The van der Waals surface area contributed by atoms with Gasteiger partial charge in [-0.15, -0.1) is 0 Å². The number of benzene rings is 2. The SMILES string of the molecule is CCCNC(=O)C(CC)N(Cc1ccc(F)cc1)C(=O)CN(c1cc(OC)ccc1OC)S(C)(=O)=O. The van der Waals surface area contributed by atoms with Gasteiger partial charge in [0.15, 0.2) is 0 Å². The van der Waals surface area contributed by atoms with Gasteiger partial charge in [-0.2, -0.15) is 0 Å². The maximum atomic E-state index is 13.7. The normalized spacial score (nSPS) is 11.9. The minimum absolute atomic E-state index is 0.00991. The van der Waals surface area contributed by atoms with Crippen molar-refractivity contribution in [1.29, 1.82) is 0 Å². The quantitative estimate of drug-likeness (QED) is 0.433. The maximum Gasteiger partial charge on any atom is 0.244 e. The molecule has 0 fully saturated rings. The summed E-state index contributed by atoms with van der Waals surface area (Å²) in [7, 11) is -1.12. The van der Waals surface area contributed by atoms with Gasteiger partial charge in [0.25, 0.3) is 0 Å². The molecule has 2 amide bonds. The van der Waals surface area contributed by atoms with Gasteiger partial charge in [-0.25, -0.2) is 12.8 Å². The van der Waals surface area contributed by atoms with Crippen LogP contribution in [0.5, 0.6) is 11.5 Å². The number of sulfonamides is 1. The molecule has 0 aliphatic carbocycles. The molecule has 0 radical (unpaired) electrons. The molecule has 0 bridgehead atoms. The van der Waals surface area contributed by atoms with Gasteiger partial charge in [-0.1, -0.05) is 26.0 Å². The third kappa shape index (κ3) is 7.58. The molecule has 2 rings (SSSR count). The van der Waals surface area contributed by atoms with Crippen LogP contribution in [0.1, 0.15) is 32.3 Å². The van der Waals surface area contributed by atoms with Crippen molar-refractivity contribution in [2.24, 2.45) is 0 Å². The van der Waals surface area contributed by atoms with Crippen molar-refractivity contribution in [3.05, 3.63) is 53.8 Å². The summed E-state index contributed by atoms with van der Waals surface area (Å²) in [6.45, 7) is 3.52. The fourth-order valence-electron chi connectivity index (χ4n) is 3.66. The number of halogens is 1. The zero-order valence-electron chi connectivity index (χ0n) is 21.3. The molecule has 0 saturated carbocycles. The van der Waals surface area contributed by atoms with Crippen molar-refractivity contribution < 1.29 is 31.9 Å². The zero-order valence-corrected chi connectivity index (χ0v) is 22.1. The second kappa shape index (κ2) is 13.1. The molecular weight excluding hydrogens is 489 g/mol. The Hall–Kier alpha value is -3.34. The number of anilines is 1. The second-order valence-corrected chi connectivity index (χ2v) is 10.1. The van der Waals surface area contributed by atoms with E-state index < -0.39 is 34.3 Å². The molecule has 0 aliphatic heterocycles. The zero-order chi connectivity index (χ0) is 26.9. The van der Waals surface area contributed by atoms with E-state index in [1.807, 2.05) is 6.92 Å². The van der Waals surface area contributed by atoms with E-state index in [-0.39, 0.29) is 23.9 Å². The van der Waals surface area contributed by atoms with Crippen LogP contribution in [0.2, 0.25) is 0 Å². The molecular formula is C25H34FN3O6S. The third-order valence-electron chi connectivity index (χ3n) is 5.54. The first kappa shape index (κ1) is 28.9. The van der Waals surface area contributed by atoms with Crippen molar-refractivity contribution >= 4 is 27.5 Å². The van der Waals surface area contributed by atoms with E-state index in [0.717, 1.165) is 10.6 Å². The average molecular weight is 524 g/mol. The Labute approximate surface area is 212 Å². The highest BCUT2D eigenvalue weighted by atomic mass is 32.2. The van der Waals surface area contributed by atoms with E-state index >= 15 is 0 Å². The lowest BCUT2D eigenvalue weighted by Crippen LogP contribution is -2.52. The van der Waals surface area contributed by atoms with E-state index in [0.29, 0.717) is 30.7 Å². The van der Waals surface area contributed by atoms with Crippen LogP contribution in [-0.2, 0) is 26.2 Å². The average Bonchev–Trinajstić information content (AvgIpc) is 2.85. The topological polar surface area (TPSA) is 105 Å². The molecule has 0 aliphatic rings. The van der Waals surface area contributed by atoms with E-state index in [1.54, 1.807) is 19.1 Å². The first-order chi connectivity index (χ1) is 17.0. The van der Waals surface area contributed by atoms with Crippen LogP contribution in [0.15, 0.2) is 42.5 Å². The summed E-state index contributed by atoms with van der Waals surface area (Å²) in [6.07, 6.45) is 1.99. The van der Waals surface area contributed by atoms with E-state index in [1.165, 1.54) is 49.5 Å². The summed E-state index contributed by atoms with van der Waals surface area (Å²) in [5.74, 6) is -0.780. The number of nitrogens with zero attached hydrogens (tertiary/aromatic N) is 2. The molecule has 2 aromatic rings. The van der Waals surface area contributed by atoms with Crippen LogP contribution in [-0.4, -0.2) is 64.7 Å². The van der Waals surface area contributed by atoms with Gasteiger partial charge in [0.05, 0.1) is 26.2 Å². The molecule has 9 nitrogen and oxygen atoms in total. The number of ether oxygens (including phenoxy) is 2. The monoisotopic (exact) mass is 523 g/mol. The number of rotatable bonds is 13. The Kier molecular flexibility index (Phi) is 10.5. The van der Waals surface area contributed by atoms with Crippen molar-refractivity contribution in [2.45, 2.75) is 39.3 Å². The molecule has 0 saturated heterocycles. The summed E-state index contributed by atoms with van der Waals surface area (Å²) in [4.78, 5) is 27.9. The standard InChI is InChI=1S/C25H34FN3O6S/c1-6-14-27-25(31)21(7-2)28(16-18-8-10-19(26)11-9-18)24(30)17-29(36(5,32)33)22-15-20(34-3)12-13-23(22)35-4/h8-13,15,21H,6-7,14,16-17H2,1-5H3,(H,27,31). The highest BCUT2D eigenvalue weighted by Gasteiger charge is 2.32. The molecule has 1 atom stereocenters. The van der Waals surface area contributed by atoms with E-state index in [4.69, 9.17) is 9.47 Å². The van der Waals surface area contributed by atoms with Gasteiger partial charge in [0.1, 0.15) is 29.9 Å². The summed E-state index contributed by atoms with van der Waals surface area (Å²) < 4.78 is 50.6. The van der Waals surface area contributed by atoms with Gasteiger partial charge >= 0.3 is 0 Å². The summed E-state index contributed by atoms with van der Waals surface area (Å²) >= 11 is 0. The number of methoxy groups -OCH3 is 2. The van der Waals surface area contributed by atoms with Gasteiger partial charge in [0.2, 0.25) is 21.8 Å². The molecule has 1 unspecified atom stereocenters. The van der Waals surface area contributed by atoms with Crippen LogP contribution in [0, 0.1) is 5.82 Å². The Bertz CT molecular complexity index is 1140. The van der Waals surface area contributed by atoms with Crippen LogP contribution in [0.25, 0.3) is 0 Å². The first-order valence-corrected chi connectivity index (χ1v) is 13.4. The summed E-state index contributed by atoms with van der Waals surface area (Å²) in [6, 6.07) is 9.32. The fraction of sp³-hybridized carbons (Fsp3) is 0.440. The lowest BCUT2D eigenvalue weighted by atomic mass is 10.1. The van der Waals surface area contributed by atoms with Gasteiger partial charge < -0.3 is 19.7 Å². The number of amides is 2. The lowest BCUT2D eigenvalue weighted by Gasteiger charge is -2.33. The van der Waals surface area contributed by atoms with Crippen LogP contribution < -0.4 is 19.1 Å². The van der Waals surface area contributed by atoms with Gasteiger partial charge in [-0.05, 0) is 42.7 Å². The predicted molar refractivity (Wildman–Crippen MR) is 136 cm³/mol. The van der Waals surface area contributed by atoms with Crippen LogP contribution in [0.3, 0.4) is 0 Å². The van der Waals surface area contributed by atoms with Crippen molar-refractivity contribution in [1.82, 2.24) is 10.2 Å². The summed E-state index contributed by atoms with van der Waals surface area (Å²) in [5, 5.41) is 2.80. The Balaban J connectivity index is 2.50. The van der Waals surface area contributed by atoms with Crippen LogP contribution in [0.4, 0.5) is 10.1 Å². The van der Waals surface area contributed by atoms with Crippen molar-refractivity contribution in [2.75, 3.05) is 37.9 Å².